The number of hydrogen-bond acceptors (Lipinski definition) is 3. The van der Waals surface area contributed by atoms with E-state index in [4.69, 9.17) is 0 Å². The lowest BCUT2D eigenvalue weighted by Gasteiger charge is -2.07. The first-order valence-corrected chi connectivity index (χ1v) is 5.90. The molecule has 0 unspecified atom stereocenters. The summed E-state index contributed by atoms with van der Waals surface area (Å²) >= 11 is 0. The van der Waals surface area contributed by atoms with Crippen molar-refractivity contribution in [2.75, 3.05) is 0 Å². The summed E-state index contributed by atoms with van der Waals surface area (Å²) in [5.74, 6) is -1.43. The molecule has 0 saturated heterocycles. The van der Waals surface area contributed by atoms with Gasteiger partial charge in [-0.15, -0.1) is 0 Å². The van der Waals surface area contributed by atoms with Gasteiger partial charge in [0.25, 0.3) is 5.56 Å². The average molecular weight is 276 g/mol. The summed E-state index contributed by atoms with van der Waals surface area (Å²) in [7, 11) is 2.69. The highest BCUT2D eigenvalue weighted by atomic mass is 19.1. The number of aryl methyl sites for hydroxylation is 2. The summed E-state index contributed by atoms with van der Waals surface area (Å²) in [5.41, 5.74) is -1.04. The Hall–Kier alpha value is -2.50. The van der Waals surface area contributed by atoms with E-state index in [1.165, 1.54) is 26.2 Å². The number of benzene rings is 1. The molecule has 0 bridgehead atoms. The van der Waals surface area contributed by atoms with Crippen LogP contribution in [-0.2, 0) is 14.1 Å². The van der Waals surface area contributed by atoms with Crippen molar-refractivity contribution in [3.63, 3.8) is 0 Å². The van der Waals surface area contributed by atoms with Crippen molar-refractivity contribution in [1.82, 2.24) is 9.13 Å². The molecule has 0 N–H and O–H groups in total. The van der Waals surface area contributed by atoms with Crippen molar-refractivity contribution in [2.45, 2.75) is 6.92 Å². The molecule has 104 valence electrons. The van der Waals surface area contributed by atoms with Crippen LogP contribution in [0.1, 0.15) is 21.5 Å². The molecule has 0 aliphatic carbocycles. The van der Waals surface area contributed by atoms with E-state index in [0.29, 0.717) is 5.56 Å². The summed E-state index contributed by atoms with van der Waals surface area (Å²) in [6.45, 7) is 1.70. The molecular formula is C14H13FN2O3. The van der Waals surface area contributed by atoms with E-state index >= 15 is 0 Å². The highest BCUT2D eigenvalue weighted by Crippen LogP contribution is 2.13. The van der Waals surface area contributed by atoms with Crippen LogP contribution < -0.4 is 11.2 Å². The summed E-state index contributed by atoms with van der Waals surface area (Å²) in [6.07, 6.45) is 1.13. The second-order valence-corrected chi connectivity index (χ2v) is 4.61. The standard InChI is InChI=1S/C14H13FN2O3/c1-8-4-5-9(11(15)6-8)12(18)10-7-16(2)14(20)17(3)13(10)19/h4-7H,1-3H3. The van der Waals surface area contributed by atoms with E-state index in [1.54, 1.807) is 13.0 Å². The molecule has 1 aromatic heterocycles. The van der Waals surface area contributed by atoms with Crippen molar-refractivity contribution in [2.24, 2.45) is 14.1 Å². The van der Waals surface area contributed by atoms with Crippen molar-refractivity contribution >= 4 is 5.78 Å². The lowest BCUT2D eigenvalue weighted by molar-refractivity contribution is 0.103. The molecule has 0 atom stereocenters. The number of carbonyl (C=O) groups is 1. The Morgan fingerprint density at radius 1 is 1.15 bits per heavy atom. The Morgan fingerprint density at radius 2 is 1.80 bits per heavy atom. The minimum Gasteiger partial charge on any atom is -0.303 e. The first-order chi connectivity index (χ1) is 9.32. The predicted octanol–water partition coefficient (Wildman–Crippen LogP) is 0.763. The molecule has 20 heavy (non-hydrogen) atoms. The molecule has 0 aliphatic heterocycles. The second-order valence-electron chi connectivity index (χ2n) is 4.61. The first kappa shape index (κ1) is 13.9. The fourth-order valence-electron chi connectivity index (χ4n) is 1.91. The molecule has 6 heteroatoms. The monoisotopic (exact) mass is 276 g/mol. The lowest BCUT2D eigenvalue weighted by atomic mass is 10.0. The zero-order valence-electron chi connectivity index (χ0n) is 11.3. The molecule has 0 aliphatic rings. The molecule has 0 spiro atoms. The molecule has 0 amide bonds. The van der Waals surface area contributed by atoms with E-state index < -0.39 is 22.8 Å². The number of nitrogens with zero attached hydrogens (tertiary/aromatic N) is 2. The number of hydrogen-bond donors (Lipinski definition) is 0. The summed E-state index contributed by atoms with van der Waals surface area (Å²) in [5, 5.41) is 0. The molecule has 1 heterocycles. The van der Waals surface area contributed by atoms with Crippen LogP contribution in [0.3, 0.4) is 0 Å². The molecule has 2 aromatic rings. The average Bonchev–Trinajstić information content (AvgIpc) is 2.40. The molecule has 0 fully saturated rings. The quantitative estimate of drug-likeness (QED) is 0.761. The van der Waals surface area contributed by atoms with Crippen LogP contribution in [0.15, 0.2) is 34.0 Å². The van der Waals surface area contributed by atoms with Gasteiger partial charge in [0.1, 0.15) is 11.4 Å². The Kier molecular flexibility index (Phi) is 3.40. The zero-order chi connectivity index (χ0) is 15.0. The number of ketones is 1. The second kappa shape index (κ2) is 4.88. The van der Waals surface area contributed by atoms with Crippen molar-refractivity contribution in [3.05, 3.63) is 67.7 Å². The number of carbonyl (C=O) groups excluding carboxylic acids is 1. The maximum Gasteiger partial charge on any atom is 0.330 e. The highest BCUT2D eigenvalue weighted by Gasteiger charge is 2.19. The van der Waals surface area contributed by atoms with Gasteiger partial charge < -0.3 is 4.57 Å². The SMILES string of the molecule is Cc1ccc(C(=O)c2cn(C)c(=O)n(C)c2=O)c(F)c1. The lowest BCUT2D eigenvalue weighted by Crippen LogP contribution is -2.39. The van der Waals surface area contributed by atoms with Crippen molar-refractivity contribution < 1.29 is 9.18 Å². The largest absolute Gasteiger partial charge is 0.330 e. The third-order valence-corrected chi connectivity index (χ3v) is 3.06. The van der Waals surface area contributed by atoms with Crippen molar-refractivity contribution in [3.8, 4) is 0 Å². The van der Waals surface area contributed by atoms with Gasteiger partial charge in [-0.1, -0.05) is 6.07 Å². The predicted molar refractivity (Wildman–Crippen MR) is 71.5 cm³/mol. The van der Waals surface area contributed by atoms with Gasteiger partial charge in [0.15, 0.2) is 0 Å². The fraction of sp³-hybridized carbons (Fsp3) is 0.214. The van der Waals surface area contributed by atoms with Gasteiger partial charge in [-0.2, -0.15) is 0 Å². The van der Waals surface area contributed by atoms with E-state index in [9.17, 15) is 18.8 Å². The van der Waals surface area contributed by atoms with Crippen LogP contribution in [0.25, 0.3) is 0 Å². The molecule has 2 rings (SSSR count). The van der Waals surface area contributed by atoms with Crippen LogP contribution in [0.4, 0.5) is 4.39 Å². The van der Waals surface area contributed by atoms with Crippen LogP contribution in [0.2, 0.25) is 0 Å². The molecule has 0 radical (unpaired) electrons. The minimum absolute atomic E-state index is 0.189. The van der Waals surface area contributed by atoms with E-state index in [1.807, 2.05) is 0 Å². The molecule has 0 saturated carbocycles. The van der Waals surface area contributed by atoms with Gasteiger partial charge in [-0.25, -0.2) is 9.18 Å². The van der Waals surface area contributed by atoms with Gasteiger partial charge in [-0.05, 0) is 24.6 Å². The Balaban J connectivity index is 2.66. The van der Waals surface area contributed by atoms with Gasteiger partial charge in [0.05, 0.1) is 5.56 Å². The maximum atomic E-state index is 13.8. The van der Waals surface area contributed by atoms with Crippen LogP contribution in [0, 0.1) is 12.7 Å². The first-order valence-electron chi connectivity index (χ1n) is 5.90. The zero-order valence-corrected chi connectivity index (χ0v) is 11.3. The van der Waals surface area contributed by atoms with E-state index in [2.05, 4.69) is 0 Å². The molecule has 1 aromatic carbocycles. The third-order valence-electron chi connectivity index (χ3n) is 3.06. The van der Waals surface area contributed by atoms with Crippen LogP contribution >= 0.6 is 0 Å². The van der Waals surface area contributed by atoms with Gasteiger partial charge >= 0.3 is 5.69 Å². The van der Waals surface area contributed by atoms with E-state index in [0.717, 1.165) is 15.3 Å². The fourth-order valence-corrected chi connectivity index (χ4v) is 1.91. The molecule has 5 nitrogen and oxygen atoms in total. The number of aromatic nitrogens is 2. The Bertz CT molecular complexity index is 818. The Morgan fingerprint density at radius 3 is 2.40 bits per heavy atom. The molecular weight excluding hydrogens is 263 g/mol. The number of halogens is 1. The topological polar surface area (TPSA) is 61.1 Å². The van der Waals surface area contributed by atoms with Gasteiger partial charge in [-0.3, -0.25) is 14.2 Å². The van der Waals surface area contributed by atoms with Crippen LogP contribution in [0.5, 0.6) is 0 Å². The maximum absolute atomic E-state index is 13.8. The van der Waals surface area contributed by atoms with Gasteiger partial charge in [0, 0.05) is 20.3 Å². The normalized spacial score (nSPS) is 10.6. The smallest absolute Gasteiger partial charge is 0.303 e. The van der Waals surface area contributed by atoms with Crippen LogP contribution in [-0.4, -0.2) is 14.9 Å². The number of rotatable bonds is 2. The third kappa shape index (κ3) is 2.20. The van der Waals surface area contributed by atoms with Gasteiger partial charge in [0.2, 0.25) is 5.78 Å². The Labute approximate surface area is 113 Å². The van der Waals surface area contributed by atoms with E-state index in [-0.39, 0.29) is 11.1 Å². The van der Waals surface area contributed by atoms with Crippen molar-refractivity contribution in [1.29, 1.82) is 0 Å². The summed E-state index contributed by atoms with van der Waals surface area (Å²) in [6, 6.07) is 4.14. The minimum atomic E-state index is -0.738. The summed E-state index contributed by atoms with van der Waals surface area (Å²) in [4.78, 5) is 35.7. The summed E-state index contributed by atoms with van der Waals surface area (Å²) < 4.78 is 15.7. The highest BCUT2D eigenvalue weighted by molar-refractivity contribution is 6.08.